The molecule has 172 valence electrons. The summed E-state index contributed by atoms with van der Waals surface area (Å²) in [6.07, 6.45) is 1.62. The van der Waals surface area contributed by atoms with Crippen molar-refractivity contribution in [2.45, 2.75) is 23.1 Å². The number of carbonyl (C=O) groups is 2. The summed E-state index contributed by atoms with van der Waals surface area (Å²) in [6.45, 7) is 2.58. The largest absolute Gasteiger partial charge is 0.477 e. The van der Waals surface area contributed by atoms with E-state index in [1.807, 2.05) is 31.2 Å². The van der Waals surface area contributed by atoms with Gasteiger partial charge < -0.3 is 30.1 Å². The van der Waals surface area contributed by atoms with E-state index >= 15 is 0 Å². The standard InChI is InChI=1S/C23H18ClN5O4S/c1-9-4-12-13(5-11(9)24)29-23(28-12)34-17-3-2-16(33-17)18-10-6-26-21(22(31)32)20(10)27-14-7-25-8-15(30)19(14)18/h2-6,18,25-27H,7-8H2,1H3,(H,28,29)(H,31,32). The molecule has 3 aromatic heterocycles. The number of imidazole rings is 1. The maximum atomic E-state index is 12.9. The highest BCUT2D eigenvalue weighted by atomic mass is 35.5. The molecular weight excluding hydrogens is 478 g/mol. The van der Waals surface area contributed by atoms with Crippen LogP contribution in [0.15, 0.2) is 56.4 Å². The molecule has 0 spiro atoms. The highest BCUT2D eigenvalue weighted by molar-refractivity contribution is 7.99. The van der Waals surface area contributed by atoms with E-state index in [1.54, 1.807) is 6.20 Å². The summed E-state index contributed by atoms with van der Waals surface area (Å²) in [5.74, 6) is -1.10. The Morgan fingerprint density at radius 3 is 2.97 bits per heavy atom. The van der Waals surface area contributed by atoms with Crippen LogP contribution in [0.2, 0.25) is 5.02 Å². The van der Waals surface area contributed by atoms with Crippen LogP contribution in [0, 0.1) is 6.92 Å². The molecule has 1 atom stereocenters. The van der Waals surface area contributed by atoms with Crippen molar-refractivity contribution in [2.75, 3.05) is 18.4 Å². The fraction of sp³-hybridized carbons (Fsp3) is 0.174. The number of anilines is 1. The second kappa shape index (κ2) is 7.79. The molecule has 2 aliphatic rings. The van der Waals surface area contributed by atoms with Crippen molar-refractivity contribution in [1.82, 2.24) is 20.3 Å². The zero-order chi connectivity index (χ0) is 23.6. The van der Waals surface area contributed by atoms with Crippen LogP contribution in [0.5, 0.6) is 0 Å². The van der Waals surface area contributed by atoms with Gasteiger partial charge in [0.1, 0.15) is 11.5 Å². The van der Waals surface area contributed by atoms with Crippen LogP contribution in [-0.2, 0) is 4.79 Å². The predicted octanol–water partition coefficient (Wildman–Crippen LogP) is 4.28. The lowest BCUT2D eigenvalue weighted by atomic mass is 9.82. The number of benzene rings is 1. The molecule has 1 unspecified atom stereocenters. The first-order valence-corrected chi connectivity index (χ1v) is 11.7. The van der Waals surface area contributed by atoms with E-state index in [2.05, 4.69) is 25.6 Å². The van der Waals surface area contributed by atoms with Crippen molar-refractivity contribution < 1.29 is 19.1 Å². The van der Waals surface area contributed by atoms with Crippen molar-refractivity contribution in [3.8, 4) is 0 Å². The molecule has 0 radical (unpaired) electrons. The number of fused-ring (bicyclic) bond motifs is 2. The molecule has 9 nitrogen and oxygen atoms in total. The molecule has 5 heterocycles. The van der Waals surface area contributed by atoms with E-state index < -0.39 is 11.9 Å². The number of halogens is 1. The Bertz CT molecular complexity index is 1490. The predicted molar refractivity (Wildman–Crippen MR) is 127 cm³/mol. The first kappa shape index (κ1) is 21.1. The molecule has 1 aromatic carbocycles. The maximum absolute atomic E-state index is 12.9. The molecule has 0 aliphatic carbocycles. The quantitative estimate of drug-likeness (QED) is 0.283. The minimum absolute atomic E-state index is 0.0435. The number of nitrogens with one attached hydrogen (secondary N) is 4. The smallest absolute Gasteiger partial charge is 0.354 e. The normalized spacial score (nSPS) is 17.6. The summed E-state index contributed by atoms with van der Waals surface area (Å²) in [4.78, 5) is 35.2. The fourth-order valence-electron chi connectivity index (χ4n) is 4.48. The average molecular weight is 496 g/mol. The zero-order valence-corrected chi connectivity index (χ0v) is 19.4. The van der Waals surface area contributed by atoms with Gasteiger partial charge in [-0.15, -0.1) is 0 Å². The molecule has 0 saturated heterocycles. The number of H-pyrrole nitrogens is 2. The third-order valence-electron chi connectivity index (χ3n) is 6.04. The number of furan rings is 1. The molecule has 6 rings (SSSR count). The number of hydrogen-bond donors (Lipinski definition) is 5. The summed E-state index contributed by atoms with van der Waals surface area (Å²) in [5.41, 5.74) is 4.99. The number of carbonyl (C=O) groups excluding carboxylic acids is 1. The van der Waals surface area contributed by atoms with E-state index in [0.717, 1.165) is 16.6 Å². The number of aromatic carboxylic acids is 1. The first-order valence-electron chi connectivity index (χ1n) is 10.5. The molecule has 5 N–H and O–H groups in total. The minimum Gasteiger partial charge on any atom is -0.477 e. The highest BCUT2D eigenvalue weighted by Gasteiger charge is 2.39. The Labute approximate surface area is 202 Å². The fourth-order valence-corrected chi connectivity index (χ4v) is 5.41. The van der Waals surface area contributed by atoms with Crippen LogP contribution in [0.4, 0.5) is 5.69 Å². The van der Waals surface area contributed by atoms with Gasteiger partial charge in [-0.2, -0.15) is 0 Å². The van der Waals surface area contributed by atoms with Crippen molar-refractivity contribution >= 4 is 51.8 Å². The third kappa shape index (κ3) is 3.33. The molecule has 4 aromatic rings. The van der Waals surface area contributed by atoms with Gasteiger partial charge in [0, 0.05) is 34.6 Å². The van der Waals surface area contributed by atoms with Gasteiger partial charge in [0.15, 0.2) is 16.0 Å². The Morgan fingerprint density at radius 2 is 2.15 bits per heavy atom. The number of aromatic amines is 2. The van der Waals surface area contributed by atoms with Crippen LogP contribution in [0.3, 0.4) is 0 Å². The Balaban J connectivity index is 1.38. The van der Waals surface area contributed by atoms with Gasteiger partial charge in [-0.25, -0.2) is 9.78 Å². The minimum atomic E-state index is -1.08. The van der Waals surface area contributed by atoms with Gasteiger partial charge in [-0.05, 0) is 48.5 Å². The van der Waals surface area contributed by atoms with Crippen molar-refractivity contribution in [3.05, 3.63) is 69.3 Å². The second-order valence-electron chi connectivity index (χ2n) is 8.20. The molecule has 11 heteroatoms. The lowest BCUT2D eigenvalue weighted by molar-refractivity contribution is -0.115. The van der Waals surface area contributed by atoms with Crippen LogP contribution in [0.1, 0.15) is 33.3 Å². The second-order valence-corrected chi connectivity index (χ2v) is 9.60. The number of carboxylic acid groups (broad SMARTS) is 1. The number of aromatic nitrogens is 3. The van der Waals surface area contributed by atoms with Crippen LogP contribution in [0.25, 0.3) is 11.0 Å². The van der Waals surface area contributed by atoms with Gasteiger partial charge in [-0.3, -0.25) is 4.79 Å². The van der Waals surface area contributed by atoms with E-state index in [9.17, 15) is 14.7 Å². The van der Waals surface area contributed by atoms with Crippen LogP contribution >= 0.6 is 23.4 Å². The van der Waals surface area contributed by atoms with E-state index in [1.165, 1.54) is 11.8 Å². The summed E-state index contributed by atoms with van der Waals surface area (Å²) in [7, 11) is 0. The van der Waals surface area contributed by atoms with Crippen molar-refractivity contribution in [2.24, 2.45) is 0 Å². The molecule has 34 heavy (non-hydrogen) atoms. The number of hydrogen-bond acceptors (Lipinski definition) is 7. The van der Waals surface area contributed by atoms with Crippen molar-refractivity contribution in [3.63, 3.8) is 0 Å². The molecule has 2 aliphatic heterocycles. The monoisotopic (exact) mass is 495 g/mol. The number of carboxylic acids is 1. The first-order chi connectivity index (χ1) is 16.4. The van der Waals surface area contributed by atoms with E-state index in [-0.39, 0.29) is 18.0 Å². The van der Waals surface area contributed by atoms with Gasteiger partial charge in [0.25, 0.3) is 0 Å². The van der Waals surface area contributed by atoms with E-state index in [0.29, 0.717) is 50.1 Å². The topological polar surface area (TPSA) is 136 Å². The number of ketones is 1. The van der Waals surface area contributed by atoms with Gasteiger partial charge >= 0.3 is 5.97 Å². The number of rotatable bonds is 4. The van der Waals surface area contributed by atoms with Crippen LogP contribution < -0.4 is 10.6 Å². The molecule has 0 bridgehead atoms. The molecule has 0 amide bonds. The lowest BCUT2D eigenvalue weighted by Gasteiger charge is -2.31. The van der Waals surface area contributed by atoms with E-state index in [4.69, 9.17) is 16.0 Å². The summed E-state index contributed by atoms with van der Waals surface area (Å²) in [5, 5.41) is 17.7. The Morgan fingerprint density at radius 1 is 1.29 bits per heavy atom. The Hall–Kier alpha value is -3.47. The van der Waals surface area contributed by atoms with Gasteiger partial charge in [-0.1, -0.05) is 11.6 Å². The summed E-state index contributed by atoms with van der Waals surface area (Å²) >= 11 is 7.54. The van der Waals surface area contributed by atoms with Crippen LogP contribution in [-0.4, -0.2) is 44.9 Å². The molecular formula is C23H18ClN5O4S. The van der Waals surface area contributed by atoms with Gasteiger partial charge in [0.2, 0.25) is 0 Å². The molecule has 0 saturated carbocycles. The maximum Gasteiger partial charge on any atom is 0.354 e. The highest BCUT2D eigenvalue weighted by Crippen LogP contribution is 2.45. The SMILES string of the molecule is Cc1cc2[nH]c(Sc3ccc(C4C5=C(CNCC5=O)Nc5c4c[nH]c5C(=O)O)o3)nc2cc1Cl. The zero-order valence-electron chi connectivity index (χ0n) is 17.8. The number of nitrogens with zero attached hydrogens (tertiary/aromatic N) is 1. The average Bonchev–Trinajstić information content (AvgIpc) is 3.51. The third-order valence-corrected chi connectivity index (χ3v) is 7.25. The van der Waals surface area contributed by atoms with Gasteiger partial charge in [0.05, 0.1) is 29.2 Å². The molecule has 0 fully saturated rings. The van der Waals surface area contributed by atoms with Crippen molar-refractivity contribution in [1.29, 1.82) is 0 Å². The lowest BCUT2D eigenvalue weighted by Crippen LogP contribution is -2.39. The number of aryl methyl sites for hydroxylation is 1. The summed E-state index contributed by atoms with van der Waals surface area (Å²) < 4.78 is 6.18. The summed E-state index contributed by atoms with van der Waals surface area (Å²) in [6, 6.07) is 7.41. The Kier molecular flexibility index (Phi) is 4.83. The number of Topliss-reactive ketones (excluding diaryl/α,β-unsaturated/α-hetero) is 1.